The largest absolute Gasteiger partial charge is 0.393 e. The molecule has 208 valence electrons. The molecule has 2 N–H and O–H groups in total. The third-order valence-corrected chi connectivity index (χ3v) is 8.03. The third-order valence-electron chi connectivity index (χ3n) is 7.00. The van der Waals surface area contributed by atoms with E-state index in [1.165, 1.54) is 23.5 Å². The second-order valence-electron chi connectivity index (χ2n) is 9.47. The highest BCUT2D eigenvalue weighted by atomic mass is 32.1. The van der Waals surface area contributed by atoms with E-state index in [9.17, 15) is 19.6 Å². The van der Waals surface area contributed by atoms with Crippen molar-refractivity contribution in [1.82, 2.24) is 24.6 Å². The van der Waals surface area contributed by atoms with Crippen molar-refractivity contribution >= 4 is 44.9 Å². The predicted octanol–water partition coefficient (Wildman–Crippen LogP) is 2.66. The van der Waals surface area contributed by atoms with Gasteiger partial charge in [0.25, 0.3) is 5.91 Å². The second-order valence-corrected chi connectivity index (χ2v) is 10.4. The Balaban J connectivity index is 1.49. The molecule has 0 spiro atoms. The van der Waals surface area contributed by atoms with Gasteiger partial charge in [0.1, 0.15) is 28.3 Å². The van der Waals surface area contributed by atoms with Crippen LogP contribution in [-0.4, -0.2) is 86.7 Å². The van der Waals surface area contributed by atoms with Gasteiger partial charge in [-0.05, 0) is 44.2 Å². The summed E-state index contributed by atoms with van der Waals surface area (Å²) in [5, 5.41) is 34.7. The van der Waals surface area contributed by atoms with E-state index in [4.69, 9.17) is 20.2 Å². The lowest BCUT2D eigenvalue weighted by atomic mass is 10.1. The van der Waals surface area contributed by atoms with Crippen LogP contribution in [0, 0.1) is 24.1 Å². The molecule has 11 nitrogen and oxygen atoms in total. The minimum Gasteiger partial charge on any atom is -0.393 e. The van der Waals surface area contributed by atoms with Gasteiger partial charge in [0.05, 0.1) is 23.4 Å². The minimum absolute atomic E-state index is 0.359. The number of aliphatic hydroxyl groups excluding tert-OH is 2. The number of halogens is 1. The molecule has 0 saturated carbocycles. The molecule has 1 fully saturated rings. The van der Waals surface area contributed by atoms with Gasteiger partial charge in [0, 0.05) is 45.3 Å². The number of carbonyl (C=O) groups excluding carboxylic acids is 1. The van der Waals surface area contributed by atoms with Crippen LogP contribution in [0.5, 0.6) is 0 Å². The normalized spacial score (nSPS) is 14.4. The molecule has 0 aliphatic carbocycles. The van der Waals surface area contributed by atoms with Crippen molar-refractivity contribution in [1.29, 1.82) is 5.26 Å². The maximum Gasteiger partial charge on any atom is 0.253 e. The van der Waals surface area contributed by atoms with E-state index in [0.29, 0.717) is 59.6 Å². The van der Waals surface area contributed by atoms with E-state index in [-0.39, 0.29) is 5.82 Å². The van der Waals surface area contributed by atoms with Gasteiger partial charge in [-0.1, -0.05) is 11.3 Å². The zero-order chi connectivity index (χ0) is 28.6. The highest BCUT2D eigenvalue weighted by Crippen LogP contribution is 2.39. The first-order valence-corrected chi connectivity index (χ1v) is 13.7. The van der Waals surface area contributed by atoms with Crippen molar-refractivity contribution in [3.05, 3.63) is 46.7 Å². The second kappa shape index (κ2) is 11.2. The molecule has 1 aliphatic heterocycles. The first-order chi connectivity index (χ1) is 19.2. The van der Waals surface area contributed by atoms with Crippen LogP contribution < -0.4 is 9.80 Å². The average Bonchev–Trinajstić information content (AvgIpc) is 3.57. The molecule has 0 bridgehead atoms. The van der Waals surface area contributed by atoms with Crippen LogP contribution in [-0.2, 0) is 11.3 Å². The summed E-state index contributed by atoms with van der Waals surface area (Å²) in [5.41, 5.74) is 3.45. The van der Waals surface area contributed by atoms with Gasteiger partial charge in [-0.2, -0.15) is 10.4 Å². The molecular weight excluding hydrogens is 535 g/mol. The third kappa shape index (κ3) is 4.97. The standard InChI is InChI=1S/C27H29FN8O3S/c1-4-36-25(33(3)27-31-23(22(14-29)40-27)17-5-7-18(28)8-6-17)19-13-20(16(2)30-24(19)32-36)34-9-11-35(12-10-34)26(39)21(38)15-37/h5-8,13,21,37-38H,4,9-12,15H2,1-3H3. The van der Waals surface area contributed by atoms with Gasteiger partial charge in [-0.3, -0.25) is 4.79 Å². The summed E-state index contributed by atoms with van der Waals surface area (Å²) < 4.78 is 15.3. The van der Waals surface area contributed by atoms with Crippen molar-refractivity contribution in [2.24, 2.45) is 0 Å². The first kappa shape index (κ1) is 27.4. The minimum atomic E-state index is -1.40. The Kier molecular flexibility index (Phi) is 7.66. The Hall–Kier alpha value is -4.12. The summed E-state index contributed by atoms with van der Waals surface area (Å²) in [7, 11) is 1.87. The number of nitrogens with zero attached hydrogens (tertiary/aromatic N) is 8. The quantitative estimate of drug-likeness (QED) is 0.347. The SMILES string of the molecule is CCn1nc2nc(C)c(N3CCN(C(=O)C(O)CO)CC3)cc2c1N(C)c1nc(-c2ccc(F)cc2)c(C#N)s1. The molecular formula is C27H29FN8O3S. The highest BCUT2D eigenvalue weighted by molar-refractivity contribution is 7.16. The smallest absolute Gasteiger partial charge is 0.253 e. The van der Waals surface area contributed by atoms with Crippen LogP contribution in [0.4, 0.5) is 21.0 Å². The monoisotopic (exact) mass is 564 g/mol. The molecule has 1 amide bonds. The topological polar surface area (TPSA) is 135 Å². The number of aryl methyl sites for hydroxylation is 2. The molecule has 4 heterocycles. The zero-order valence-electron chi connectivity index (χ0n) is 22.4. The number of pyridine rings is 1. The fourth-order valence-corrected chi connectivity index (χ4v) is 5.75. The summed E-state index contributed by atoms with van der Waals surface area (Å²) in [5.74, 6) is -0.0571. The van der Waals surface area contributed by atoms with Crippen LogP contribution in [0.2, 0.25) is 0 Å². The number of hydrogen-bond donors (Lipinski definition) is 2. The zero-order valence-corrected chi connectivity index (χ0v) is 23.2. The number of rotatable bonds is 7. The molecule has 3 aromatic heterocycles. The van der Waals surface area contributed by atoms with E-state index < -0.39 is 18.6 Å². The molecule has 40 heavy (non-hydrogen) atoms. The van der Waals surface area contributed by atoms with E-state index >= 15 is 0 Å². The lowest BCUT2D eigenvalue weighted by Crippen LogP contribution is -2.52. The molecule has 4 aromatic rings. The predicted molar refractivity (Wildman–Crippen MR) is 150 cm³/mol. The number of carbonyl (C=O) groups is 1. The molecule has 1 aromatic carbocycles. The maximum absolute atomic E-state index is 13.5. The van der Waals surface area contributed by atoms with Crippen LogP contribution in [0.3, 0.4) is 0 Å². The summed E-state index contributed by atoms with van der Waals surface area (Å²) >= 11 is 1.25. The van der Waals surface area contributed by atoms with Gasteiger partial charge >= 0.3 is 0 Å². The Bertz CT molecular complexity index is 1590. The fourth-order valence-electron chi connectivity index (χ4n) is 4.90. The van der Waals surface area contributed by atoms with Gasteiger partial charge in [0.15, 0.2) is 16.9 Å². The molecule has 1 aliphatic rings. The van der Waals surface area contributed by atoms with Crippen molar-refractivity contribution in [2.75, 3.05) is 49.6 Å². The first-order valence-electron chi connectivity index (χ1n) is 12.9. The van der Waals surface area contributed by atoms with Crippen molar-refractivity contribution in [3.63, 3.8) is 0 Å². The fraction of sp³-hybridized carbons (Fsp3) is 0.370. The molecule has 1 saturated heterocycles. The molecule has 1 atom stereocenters. The van der Waals surface area contributed by atoms with Crippen molar-refractivity contribution < 1.29 is 19.4 Å². The number of anilines is 3. The van der Waals surface area contributed by atoms with Crippen LogP contribution in [0.25, 0.3) is 22.3 Å². The number of fused-ring (bicyclic) bond motifs is 1. The molecule has 13 heteroatoms. The molecule has 5 rings (SSSR count). The summed E-state index contributed by atoms with van der Waals surface area (Å²) in [6.07, 6.45) is -1.40. The number of amides is 1. The summed E-state index contributed by atoms with van der Waals surface area (Å²) in [6.45, 7) is 5.81. The molecule has 1 unspecified atom stereocenters. The lowest BCUT2D eigenvalue weighted by Gasteiger charge is -2.37. The Morgan fingerprint density at radius 2 is 1.93 bits per heavy atom. The number of thiazole rings is 1. The highest BCUT2D eigenvalue weighted by Gasteiger charge is 2.28. The number of piperazine rings is 1. The number of aliphatic hydroxyl groups is 2. The van der Waals surface area contributed by atoms with Gasteiger partial charge in [-0.25, -0.2) is 19.0 Å². The van der Waals surface area contributed by atoms with Crippen LogP contribution in [0.1, 0.15) is 17.5 Å². The van der Waals surface area contributed by atoms with Crippen LogP contribution >= 0.6 is 11.3 Å². The maximum atomic E-state index is 13.5. The number of benzene rings is 1. The van der Waals surface area contributed by atoms with Gasteiger partial charge in [-0.15, -0.1) is 0 Å². The van der Waals surface area contributed by atoms with Gasteiger partial charge < -0.3 is 24.9 Å². The Morgan fingerprint density at radius 1 is 1.23 bits per heavy atom. The number of aromatic nitrogens is 4. The van der Waals surface area contributed by atoms with Crippen molar-refractivity contribution in [2.45, 2.75) is 26.5 Å². The van der Waals surface area contributed by atoms with Crippen molar-refractivity contribution in [3.8, 4) is 17.3 Å². The summed E-state index contributed by atoms with van der Waals surface area (Å²) in [4.78, 5) is 27.8. The van der Waals surface area contributed by atoms with Gasteiger partial charge in [0.2, 0.25) is 0 Å². The number of nitriles is 1. The number of hydrogen-bond acceptors (Lipinski definition) is 10. The van der Waals surface area contributed by atoms with E-state index in [1.807, 2.05) is 36.5 Å². The molecule has 0 radical (unpaired) electrons. The van der Waals surface area contributed by atoms with Crippen LogP contribution in [0.15, 0.2) is 30.3 Å². The Morgan fingerprint density at radius 3 is 2.55 bits per heavy atom. The summed E-state index contributed by atoms with van der Waals surface area (Å²) in [6, 6.07) is 10.2. The average molecular weight is 565 g/mol. The lowest BCUT2D eigenvalue weighted by molar-refractivity contribution is -0.142. The van der Waals surface area contributed by atoms with E-state index in [0.717, 1.165) is 22.6 Å². The van der Waals surface area contributed by atoms with E-state index in [2.05, 4.69) is 11.0 Å². The van der Waals surface area contributed by atoms with E-state index in [1.54, 1.807) is 17.0 Å². The Labute approximate surface area is 234 Å².